The van der Waals surface area contributed by atoms with Gasteiger partial charge in [0.25, 0.3) is 5.56 Å². The van der Waals surface area contributed by atoms with E-state index in [1.54, 1.807) is 6.20 Å². The lowest BCUT2D eigenvalue weighted by Gasteiger charge is -2.30. The molecule has 0 spiro atoms. The van der Waals surface area contributed by atoms with E-state index >= 15 is 0 Å². The van der Waals surface area contributed by atoms with Crippen LogP contribution >= 0.6 is 23.5 Å². The van der Waals surface area contributed by atoms with Crippen LogP contribution in [0.2, 0.25) is 0 Å². The zero-order valence-electron chi connectivity index (χ0n) is 11.3. The molecule has 0 radical (unpaired) electrons. The third kappa shape index (κ3) is 4.02. The fraction of sp³-hybridized carbons (Fsp3) is 0.615. The van der Waals surface area contributed by atoms with Crippen LogP contribution in [0, 0.1) is 0 Å². The molecule has 1 aromatic rings. The van der Waals surface area contributed by atoms with Crippen LogP contribution < -0.4 is 5.56 Å². The molecule has 1 N–H and O–H groups in total. The molecule has 1 aliphatic carbocycles. The number of aliphatic carboxylic acids is 1. The van der Waals surface area contributed by atoms with Crippen molar-refractivity contribution in [1.82, 2.24) is 9.55 Å². The Labute approximate surface area is 126 Å². The van der Waals surface area contributed by atoms with Gasteiger partial charge in [-0.05, 0) is 25.5 Å². The zero-order valence-corrected chi connectivity index (χ0v) is 13.0. The van der Waals surface area contributed by atoms with E-state index in [0.29, 0.717) is 16.4 Å². The molecule has 20 heavy (non-hydrogen) atoms. The van der Waals surface area contributed by atoms with Gasteiger partial charge in [0.15, 0.2) is 5.16 Å². The summed E-state index contributed by atoms with van der Waals surface area (Å²) >= 11 is 2.99. The van der Waals surface area contributed by atoms with Crippen molar-refractivity contribution < 1.29 is 9.90 Å². The molecule has 1 aliphatic rings. The Hall–Kier alpha value is -0.950. The van der Waals surface area contributed by atoms with Gasteiger partial charge in [0.1, 0.15) is 0 Å². The van der Waals surface area contributed by atoms with Gasteiger partial charge < -0.3 is 9.67 Å². The predicted molar refractivity (Wildman–Crippen MR) is 81.7 cm³/mol. The molecule has 0 amide bonds. The third-order valence-electron chi connectivity index (χ3n) is 3.45. The first-order valence-electron chi connectivity index (χ1n) is 6.56. The van der Waals surface area contributed by atoms with Gasteiger partial charge in [0, 0.05) is 23.6 Å². The highest BCUT2D eigenvalue weighted by Gasteiger charge is 2.24. The predicted octanol–water partition coefficient (Wildman–Crippen LogP) is 2.27. The minimum Gasteiger partial charge on any atom is -0.481 e. The van der Waals surface area contributed by atoms with E-state index < -0.39 is 5.97 Å². The average Bonchev–Trinajstić information content (AvgIpc) is 2.45. The minimum absolute atomic E-state index is 0.0743. The lowest BCUT2D eigenvalue weighted by Crippen LogP contribution is -2.24. The maximum atomic E-state index is 11.4. The van der Waals surface area contributed by atoms with Crippen molar-refractivity contribution in [2.45, 2.75) is 42.1 Å². The Bertz CT molecular complexity index is 533. The molecule has 110 valence electrons. The molecule has 0 aromatic carbocycles. The van der Waals surface area contributed by atoms with Gasteiger partial charge in [-0.1, -0.05) is 18.2 Å². The minimum atomic E-state index is -0.898. The summed E-state index contributed by atoms with van der Waals surface area (Å²) < 4.78 is 1.98. The first kappa shape index (κ1) is 15.4. The summed E-state index contributed by atoms with van der Waals surface area (Å²) in [4.78, 5) is 26.1. The summed E-state index contributed by atoms with van der Waals surface area (Å²) in [5.74, 6) is -0.972. The Kier molecular flexibility index (Phi) is 5.54. The number of rotatable bonds is 5. The monoisotopic (exact) mass is 314 g/mol. The summed E-state index contributed by atoms with van der Waals surface area (Å²) in [5, 5.41) is 9.94. The second-order valence-electron chi connectivity index (χ2n) is 4.82. The maximum absolute atomic E-state index is 11.4. The van der Waals surface area contributed by atoms with Crippen LogP contribution in [0.25, 0.3) is 0 Å². The van der Waals surface area contributed by atoms with Gasteiger partial charge in [0.2, 0.25) is 0 Å². The van der Waals surface area contributed by atoms with E-state index in [4.69, 9.17) is 5.11 Å². The fourth-order valence-corrected chi connectivity index (χ4v) is 4.08. The third-order valence-corrected chi connectivity index (χ3v) is 5.50. The maximum Gasteiger partial charge on any atom is 0.313 e. The molecule has 1 fully saturated rings. The van der Waals surface area contributed by atoms with Gasteiger partial charge in [-0.2, -0.15) is 16.7 Å². The summed E-state index contributed by atoms with van der Waals surface area (Å²) in [7, 11) is 0. The van der Waals surface area contributed by atoms with E-state index in [-0.39, 0.29) is 11.3 Å². The molecular weight excluding hydrogens is 296 g/mol. The van der Waals surface area contributed by atoms with Crippen LogP contribution in [0.15, 0.2) is 22.2 Å². The van der Waals surface area contributed by atoms with Crippen LogP contribution in [0.5, 0.6) is 0 Å². The molecule has 5 nitrogen and oxygen atoms in total. The van der Waals surface area contributed by atoms with Gasteiger partial charge >= 0.3 is 5.97 Å². The van der Waals surface area contributed by atoms with Gasteiger partial charge in [-0.3, -0.25) is 9.59 Å². The number of carbonyl (C=O) groups is 1. The summed E-state index contributed by atoms with van der Waals surface area (Å²) in [6, 6.07) is 1.76. The topological polar surface area (TPSA) is 72.2 Å². The van der Waals surface area contributed by atoms with Gasteiger partial charge in [0.05, 0.1) is 5.75 Å². The summed E-state index contributed by atoms with van der Waals surface area (Å²) in [5.41, 5.74) is -0.314. The first-order valence-corrected chi connectivity index (χ1v) is 8.84. The van der Waals surface area contributed by atoms with E-state index in [1.165, 1.54) is 12.5 Å². The molecule has 0 aliphatic heterocycles. The SMILES string of the molecule is CSC1CCCC(n2ccc(=O)nc2SCC(=O)O)C1. The number of carboxylic acids is 1. The Balaban J connectivity index is 2.21. The first-order chi connectivity index (χ1) is 9.60. The highest BCUT2D eigenvalue weighted by Crippen LogP contribution is 2.35. The van der Waals surface area contributed by atoms with Crippen molar-refractivity contribution in [2.24, 2.45) is 0 Å². The number of carboxylic acid groups (broad SMARTS) is 1. The molecule has 7 heteroatoms. The Morgan fingerprint density at radius 1 is 1.55 bits per heavy atom. The van der Waals surface area contributed by atoms with Crippen LogP contribution in [-0.4, -0.2) is 37.9 Å². The van der Waals surface area contributed by atoms with E-state index in [0.717, 1.165) is 31.0 Å². The number of nitrogens with zero attached hydrogens (tertiary/aromatic N) is 2. The fourth-order valence-electron chi connectivity index (χ4n) is 2.50. The summed E-state index contributed by atoms with van der Waals surface area (Å²) in [6.07, 6.45) is 8.37. The van der Waals surface area contributed by atoms with Crippen molar-refractivity contribution in [1.29, 1.82) is 0 Å². The molecule has 1 saturated carbocycles. The van der Waals surface area contributed by atoms with Gasteiger partial charge in [-0.25, -0.2) is 0 Å². The highest BCUT2D eigenvalue weighted by molar-refractivity contribution is 7.99. The average molecular weight is 314 g/mol. The van der Waals surface area contributed by atoms with Crippen molar-refractivity contribution in [3.05, 3.63) is 22.6 Å². The van der Waals surface area contributed by atoms with Crippen LogP contribution in [0.3, 0.4) is 0 Å². The smallest absolute Gasteiger partial charge is 0.313 e. The number of hydrogen-bond acceptors (Lipinski definition) is 5. The Morgan fingerprint density at radius 2 is 2.35 bits per heavy atom. The molecule has 0 bridgehead atoms. The Morgan fingerprint density at radius 3 is 3.05 bits per heavy atom. The molecule has 0 saturated heterocycles. The second-order valence-corrected chi connectivity index (χ2v) is 6.90. The zero-order chi connectivity index (χ0) is 14.5. The van der Waals surface area contributed by atoms with E-state index in [9.17, 15) is 9.59 Å². The lowest BCUT2D eigenvalue weighted by molar-refractivity contribution is -0.133. The van der Waals surface area contributed by atoms with Crippen LogP contribution in [-0.2, 0) is 4.79 Å². The van der Waals surface area contributed by atoms with Gasteiger partial charge in [-0.15, -0.1) is 0 Å². The quantitative estimate of drug-likeness (QED) is 0.664. The highest BCUT2D eigenvalue weighted by atomic mass is 32.2. The lowest BCUT2D eigenvalue weighted by atomic mass is 9.95. The standard InChI is InChI=1S/C13H18N2O3S2/c1-19-10-4-2-3-9(7-10)15-6-5-11(16)14-13(15)20-8-12(17)18/h5-6,9-10H,2-4,7-8H2,1H3,(H,17,18). The molecular formula is C13H18N2O3S2. The number of aromatic nitrogens is 2. The van der Waals surface area contributed by atoms with E-state index in [1.807, 2.05) is 16.3 Å². The van der Waals surface area contributed by atoms with E-state index in [2.05, 4.69) is 11.2 Å². The van der Waals surface area contributed by atoms with Crippen LogP contribution in [0.4, 0.5) is 0 Å². The molecule has 2 atom stereocenters. The van der Waals surface area contributed by atoms with Crippen LogP contribution in [0.1, 0.15) is 31.7 Å². The largest absolute Gasteiger partial charge is 0.481 e. The molecule has 2 rings (SSSR count). The van der Waals surface area contributed by atoms with Crippen molar-refractivity contribution in [3.8, 4) is 0 Å². The van der Waals surface area contributed by atoms with Crippen molar-refractivity contribution >= 4 is 29.5 Å². The molecule has 1 heterocycles. The summed E-state index contributed by atoms with van der Waals surface area (Å²) in [6.45, 7) is 0. The number of thioether (sulfide) groups is 2. The van der Waals surface area contributed by atoms with Crippen molar-refractivity contribution in [3.63, 3.8) is 0 Å². The van der Waals surface area contributed by atoms with Crippen molar-refractivity contribution in [2.75, 3.05) is 12.0 Å². The second kappa shape index (κ2) is 7.17. The normalized spacial score (nSPS) is 22.6. The number of hydrogen-bond donors (Lipinski definition) is 1. The molecule has 1 aromatic heterocycles. The molecule has 2 unspecified atom stereocenters.